The lowest BCUT2D eigenvalue weighted by molar-refractivity contribution is 0.00524. The molecule has 1 aromatic heterocycles. The summed E-state index contributed by atoms with van der Waals surface area (Å²) in [5.41, 5.74) is 6.09. The fourth-order valence-corrected chi connectivity index (χ4v) is 2.55. The van der Waals surface area contributed by atoms with Gasteiger partial charge in [-0.2, -0.15) is 0 Å². The van der Waals surface area contributed by atoms with Crippen molar-refractivity contribution >= 4 is 5.82 Å². The van der Waals surface area contributed by atoms with Crippen molar-refractivity contribution in [3.63, 3.8) is 0 Å². The first-order chi connectivity index (χ1) is 7.36. The Labute approximate surface area is 88.8 Å². The highest BCUT2D eigenvalue weighted by atomic mass is 16.5. The minimum Gasteiger partial charge on any atom is -0.376 e. The smallest absolute Gasteiger partial charge is 0.126 e. The summed E-state index contributed by atoms with van der Waals surface area (Å²) in [5, 5.41) is 3.34. The summed E-state index contributed by atoms with van der Waals surface area (Å²) in [7, 11) is 0. The van der Waals surface area contributed by atoms with Gasteiger partial charge in [0.25, 0.3) is 0 Å². The van der Waals surface area contributed by atoms with Crippen LogP contribution in [0.4, 0.5) is 5.82 Å². The van der Waals surface area contributed by atoms with E-state index in [2.05, 4.69) is 10.3 Å². The van der Waals surface area contributed by atoms with Crippen molar-refractivity contribution in [2.75, 3.05) is 11.9 Å². The predicted octanol–water partition coefficient (Wildman–Crippen LogP) is 0.608. The van der Waals surface area contributed by atoms with Crippen LogP contribution in [-0.2, 0) is 4.74 Å². The summed E-state index contributed by atoms with van der Waals surface area (Å²) < 4.78 is 5.64. The van der Waals surface area contributed by atoms with Crippen LogP contribution in [0.5, 0.6) is 0 Å². The molecule has 0 amide bonds. The maximum atomic E-state index is 6.09. The standard InChI is InChI=1S/C11H15N3O/c12-9-7-4-6-15-11(7)10(9)14-8-3-1-2-5-13-8/h1-3,5,7,9-11H,4,6,12H2,(H,13,14). The molecule has 80 valence electrons. The molecule has 3 rings (SSSR count). The monoisotopic (exact) mass is 205 g/mol. The van der Waals surface area contributed by atoms with E-state index in [1.165, 1.54) is 0 Å². The van der Waals surface area contributed by atoms with Crippen LogP contribution < -0.4 is 11.1 Å². The number of rotatable bonds is 2. The highest BCUT2D eigenvalue weighted by Crippen LogP contribution is 2.38. The molecule has 4 unspecified atom stereocenters. The van der Waals surface area contributed by atoms with Crippen molar-refractivity contribution in [3.8, 4) is 0 Å². The lowest BCUT2D eigenvalue weighted by Gasteiger charge is -2.45. The fourth-order valence-electron chi connectivity index (χ4n) is 2.55. The van der Waals surface area contributed by atoms with Gasteiger partial charge in [0.05, 0.1) is 12.1 Å². The first-order valence-corrected chi connectivity index (χ1v) is 5.41. The number of hydrogen-bond donors (Lipinski definition) is 2. The molecule has 2 heterocycles. The minimum atomic E-state index is 0.208. The van der Waals surface area contributed by atoms with Gasteiger partial charge in [-0.05, 0) is 18.6 Å². The number of anilines is 1. The summed E-state index contributed by atoms with van der Waals surface area (Å²) in [6.45, 7) is 0.851. The lowest BCUT2D eigenvalue weighted by Crippen LogP contribution is -2.65. The first-order valence-electron chi connectivity index (χ1n) is 5.41. The summed E-state index contributed by atoms with van der Waals surface area (Å²) in [4.78, 5) is 4.23. The van der Waals surface area contributed by atoms with Crippen molar-refractivity contribution in [1.82, 2.24) is 4.98 Å². The predicted molar refractivity (Wildman–Crippen MR) is 57.5 cm³/mol. The van der Waals surface area contributed by atoms with E-state index in [4.69, 9.17) is 10.5 Å². The zero-order chi connectivity index (χ0) is 10.3. The molecule has 0 aromatic carbocycles. The van der Waals surface area contributed by atoms with Gasteiger partial charge in [-0.1, -0.05) is 6.07 Å². The molecule has 2 aliphatic rings. The number of aromatic nitrogens is 1. The Morgan fingerprint density at radius 3 is 3.20 bits per heavy atom. The topological polar surface area (TPSA) is 60.2 Å². The van der Waals surface area contributed by atoms with Crippen LogP contribution in [-0.4, -0.2) is 29.8 Å². The van der Waals surface area contributed by atoms with Gasteiger partial charge in [-0.3, -0.25) is 0 Å². The lowest BCUT2D eigenvalue weighted by atomic mass is 9.72. The van der Waals surface area contributed by atoms with Gasteiger partial charge in [-0.25, -0.2) is 4.98 Å². The Bertz CT molecular complexity index is 343. The largest absolute Gasteiger partial charge is 0.376 e. The second-order valence-electron chi connectivity index (χ2n) is 4.25. The number of ether oxygens (including phenoxy) is 1. The number of pyridine rings is 1. The summed E-state index contributed by atoms with van der Waals surface area (Å²) in [6.07, 6.45) is 3.17. The van der Waals surface area contributed by atoms with E-state index in [0.29, 0.717) is 12.0 Å². The number of hydrogen-bond acceptors (Lipinski definition) is 4. The van der Waals surface area contributed by atoms with Gasteiger partial charge < -0.3 is 15.8 Å². The Kier molecular flexibility index (Phi) is 2.11. The zero-order valence-corrected chi connectivity index (χ0v) is 8.47. The second-order valence-corrected chi connectivity index (χ2v) is 4.25. The average Bonchev–Trinajstić information content (AvgIpc) is 2.72. The average molecular weight is 205 g/mol. The normalized spacial score (nSPS) is 38.2. The Morgan fingerprint density at radius 2 is 2.40 bits per heavy atom. The van der Waals surface area contributed by atoms with Crippen LogP contribution in [0, 0.1) is 5.92 Å². The van der Waals surface area contributed by atoms with Gasteiger partial charge in [0.1, 0.15) is 5.82 Å². The van der Waals surface area contributed by atoms with Crippen molar-refractivity contribution in [1.29, 1.82) is 0 Å². The molecule has 4 heteroatoms. The Hall–Kier alpha value is -1.13. The van der Waals surface area contributed by atoms with Crippen LogP contribution in [0.2, 0.25) is 0 Å². The van der Waals surface area contributed by atoms with Crippen molar-refractivity contribution in [3.05, 3.63) is 24.4 Å². The summed E-state index contributed by atoms with van der Waals surface area (Å²) in [5.74, 6) is 1.43. The molecule has 4 nitrogen and oxygen atoms in total. The molecule has 15 heavy (non-hydrogen) atoms. The molecule has 2 fully saturated rings. The van der Waals surface area contributed by atoms with E-state index in [-0.39, 0.29) is 12.1 Å². The van der Waals surface area contributed by atoms with Crippen LogP contribution in [0.15, 0.2) is 24.4 Å². The molecule has 1 aliphatic carbocycles. The van der Waals surface area contributed by atoms with Crippen LogP contribution >= 0.6 is 0 Å². The number of fused-ring (bicyclic) bond motifs is 1. The molecule has 1 aromatic rings. The molecule has 4 atom stereocenters. The highest BCUT2D eigenvalue weighted by molar-refractivity contribution is 5.38. The van der Waals surface area contributed by atoms with E-state index in [1.807, 2.05) is 18.2 Å². The van der Waals surface area contributed by atoms with Gasteiger partial charge in [0, 0.05) is 24.8 Å². The van der Waals surface area contributed by atoms with Gasteiger partial charge in [0.2, 0.25) is 0 Å². The highest BCUT2D eigenvalue weighted by Gasteiger charge is 2.52. The van der Waals surface area contributed by atoms with Crippen LogP contribution in [0.1, 0.15) is 6.42 Å². The van der Waals surface area contributed by atoms with Crippen LogP contribution in [0.25, 0.3) is 0 Å². The molecule has 1 saturated carbocycles. The Balaban J connectivity index is 1.69. The molecule has 0 bridgehead atoms. The van der Waals surface area contributed by atoms with E-state index in [1.54, 1.807) is 6.20 Å². The third-order valence-electron chi connectivity index (χ3n) is 3.43. The maximum Gasteiger partial charge on any atom is 0.126 e. The molecular weight excluding hydrogens is 190 g/mol. The van der Waals surface area contributed by atoms with E-state index in [0.717, 1.165) is 18.8 Å². The zero-order valence-electron chi connectivity index (χ0n) is 8.47. The molecule has 0 radical (unpaired) electrons. The van der Waals surface area contributed by atoms with Crippen molar-refractivity contribution in [2.45, 2.75) is 24.6 Å². The third-order valence-corrected chi connectivity index (χ3v) is 3.43. The van der Waals surface area contributed by atoms with Crippen molar-refractivity contribution < 1.29 is 4.74 Å². The molecule has 1 saturated heterocycles. The Morgan fingerprint density at radius 1 is 1.47 bits per heavy atom. The second kappa shape index (κ2) is 3.47. The summed E-state index contributed by atoms with van der Waals surface area (Å²) >= 11 is 0. The quantitative estimate of drug-likeness (QED) is 0.742. The number of nitrogens with zero attached hydrogens (tertiary/aromatic N) is 1. The number of nitrogens with two attached hydrogens (primary N) is 1. The fraction of sp³-hybridized carbons (Fsp3) is 0.545. The van der Waals surface area contributed by atoms with E-state index in [9.17, 15) is 0 Å². The van der Waals surface area contributed by atoms with E-state index < -0.39 is 0 Å². The van der Waals surface area contributed by atoms with Crippen molar-refractivity contribution in [2.24, 2.45) is 11.7 Å². The van der Waals surface area contributed by atoms with Gasteiger partial charge >= 0.3 is 0 Å². The van der Waals surface area contributed by atoms with Gasteiger partial charge in [-0.15, -0.1) is 0 Å². The SMILES string of the molecule is NC1C2CCOC2C1Nc1ccccn1. The maximum absolute atomic E-state index is 6.09. The molecule has 3 N–H and O–H groups in total. The molecular formula is C11H15N3O. The number of nitrogens with one attached hydrogen (secondary N) is 1. The molecule has 1 aliphatic heterocycles. The molecule has 0 spiro atoms. The van der Waals surface area contributed by atoms with E-state index >= 15 is 0 Å². The van der Waals surface area contributed by atoms with Crippen LogP contribution in [0.3, 0.4) is 0 Å². The summed E-state index contributed by atoms with van der Waals surface area (Å²) in [6, 6.07) is 6.26. The first kappa shape index (κ1) is 9.12. The minimum absolute atomic E-state index is 0.208. The van der Waals surface area contributed by atoms with Gasteiger partial charge in [0.15, 0.2) is 0 Å². The third kappa shape index (κ3) is 1.41.